The molecule has 3 aromatic rings. The summed E-state index contributed by atoms with van der Waals surface area (Å²) in [6.45, 7) is 6.85. The third kappa shape index (κ3) is 3.53. The lowest BCUT2D eigenvalue weighted by molar-refractivity contribution is -0.117. The fraction of sp³-hybridized carbons (Fsp3) is 0.269. The van der Waals surface area contributed by atoms with Crippen molar-refractivity contribution in [2.45, 2.75) is 32.6 Å². The van der Waals surface area contributed by atoms with Crippen LogP contribution in [0, 0.1) is 19.8 Å². The summed E-state index contributed by atoms with van der Waals surface area (Å²) in [5.74, 6) is 0.794. The number of carbonyl (C=O) groups is 1. The molecule has 4 rings (SSSR count). The topological polar surface area (TPSA) is 38.3 Å². The molecule has 148 valence electrons. The van der Waals surface area contributed by atoms with E-state index in [2.05, 4.69) is 67.7 Å². The van der Waals surface area contributed by atoms with Crippen LogP contribution in [-0.2, 0) is 10.2 Å². The van der Waals surface area contributed by atoms with E-state index < -0.39 is 0 Å². The molecule has 3 aromatic carbocycles. The second-order valence-electron chi connectivity index (χ2n) is 7.80. The molecule has 0 aromatic heterocycles. The van der Waals surface area contributed by atoms with E-state index in [0.717, 1.165) is 17.9 Å². The molecular formula is C26H27NO2. The standard InChI is InChI=1S/C26H27NO2/c1-4-29-21-15-13-20(14-16-21)27-25(28)24-17-26(24,22-11-7-5-9-18(22)2)23-12-8-6-10-19(23)3/h5-16,24H,4,17H2,1-3H3,(H,27,28). The Balaban J connectivity index is 1.64. The lowest BCUT2D eigenvalue weighted by Gasteiger charge is -2.23. The molecule has 1 aliphatic rings. The van der Waals surface area contributed by atoms with Crippen molar-refractivity contribution < 1.29 is 9.53 Å². The highest BCUT2D eigenvalue weighted by molar-refractivity contribution is 5.97. The average Bonchev–Trinajstić information content (AvgIpc) is 3.47. The van der Waals surface area contributed by atoms with Gasteiger partial charge in [-0.1, -0.05) is 48.5 Å². The Morgan fingerprint density at radius 1 is 0.931 bits per heavy atom. The predicted octanol–water partition coefficient (Wildman–Crippen LogP) is 5.65. The number of benzene rings is 3. The number of rotatable bonds is 6. The van der Waals surface area contributed by atoms with Crippen molar-refractivity contribution in [3.63, 3.8) is 0 Å². The Morgan fingerprint density at radius 2 is 1.48 bits per heavy atom. The van der Waals surface area contributed by atoms with Crippen molar-refractivity contribution in [3.05, 3.63) is 95.1 Å². The normalized spacial score (nSPS) is 16.9. The number of nitrogens with one attached hydrogen (secondary N) is 1. The van der Waals surface area contributed by atoms with Crippen LogP contribution in [0.15, 0.2) is 72.8 Å². The van der Waals surface area contributed by atoms with E-state index in [1.54, 1.807) is 0 Å². The molecule has 29 heavy (non-hydrogen) atoms. The number of amides is 1. The van der Waals surface area contributed by atoms with Crippen LogP contribution in [0.3, 0.4) is 0 Å². The molecule has 0 bridgehead atoms. The SMILES string of the molecule is CCOc1ccc(NC(=O)C2CC2(c2ccccc2C)c2ccccc2C)cc1. The summed E-state index contributed by atoms with van der Waals surface area (Å²) in [6, 6.07) is 24.4. The van der Waals surface area contributed by atoms with Crippen LogP contribution in [0.1, 0.15) is 35.6 Å². The van der Waals surface area contributed by atoms with Crippen molar-refractivity contribution in [1.29, 1.82) is 0 Å². The summed E-state index contributed by atoms with van der Waals surface area (Å²) in [4.78, 5) is 13.2. The zero-order valence-corrected chi connectivity index (χ0v) is 17.2. The van der Waals surface area contributed by atoms with Crippen LogP contribution >= 0.6 is 0 Å². The van der Waals surface area contributed by atoms with Gasteiger partial charge in [-0.15, -0.1) is 0 Å². The molecule has 1 N–H and O–H groups in total. The molecule has 1 saturated carbocycles. The molecule has 3 heteroatoms. The first-order valence-corrected chi connectivity index (χ1v) is 10.2. The maximum absolute atomic E-state index is 13.2. The highest BCUT2D eigenvalue weighted by atomic mass is 16.5. The Morgan fingerprint density at radius 3 is 2.00 bits per heavy atom. The monoisotopic (exact) mass is 385 g/mol. The van der Waals surface area contributed by atoms with E-state index in [0.29, 0.717) is 6.61 Å². The van der Waals surface area contributed by atoms with Gasteiger partial charge < -0.3 is 10.1 Å². The molecule has 1 unspecified atom stereocenters. The Hall–Kier alpha value is -3.07. The summed E-state index contributed by atoms with van der Waals surface area (Å²) in [6.07, 6.45) is 0.825. The Bertz CT molecular complexity index is 977. The summed E-state index contributed by atoms with van der Waals surface area (Å²) < 4.78 is 5.49. The Labute approximate surface area is 172 Å². The predicted molar refractivity (Wildman–Crippen MR) is 117 cm³/mol. The highest BCUT2D eigenvalue weighted by Gasteiger charge is 2.61. The fourth-order valence-electron chi connectivity index (χ4n) is 4.50. The first-order valence-electron chi connectivity index (χ1n) is 10.2. The number of anilines is 1. The molecule has 0 radical (unpaired) electrons. The lowest BCUT2D eigenvalue weighted by Crippen LogP contribution is -2.23. The number of hydrogen-bond acceptors (Lipinski definition) is 2. The second kappa shape index (κ2) is 7.75. The van der Waals surface area contributed by atoms with Crippen molar-refractivity contribution in [2.75, 3.05) is 11.9 Å². The van der Waals surface area contributed by atoms with Crippen LogP contribution < -0.4 is 10.1 Å². The minimum absolute atomic E-state index is 0.0701. The van der Waals surface area contributed by atoms with Crippen LogP contribution in [-0.4, -0.2) is 12.5 Å². The lowest BCUT2D eigenvalue weighted by atomic mass is 9.81. The van der Waals surface area contributed by atoms with Crippen LogP contribution in [0.4, 0.5) is 5.69 Å². The van der Waals surface area contributed by atoms with Crippen molar-refractivity contribution in [2.24, 2.45) is 5.92 Å². The molecule has 1 fully saturated rings. The van der Waals surface area contributed by atoms with Gasteiger partial charge in [-0.05, 0) is 73.7 Å². The number of carbonyl (C=O) groups excluding carboxylic acids is 1. The minimum Gasteiger partial charge on any atom is -0.494 e. The molecular weight excluding hydrogens is 358 g/mol. The number of aryl methyl sites for hydroxylation is 2. The van der Waals surface area contributed by atoms with Gasteiger partial charge in [0.15, 0.2) is 0 Å². The molecule has 0 saturated heterocycles. The summed E-state index contributed by atoms with van der Waals surface area (Å²) in [7, 11) is 0. The molecule has 1 amide bonds. The van der Waals surface area contributed by atoms with E-state index in [-0.39, 0.29) is 17.2 Å². The zero-order valence-electron chi connectivity index (χ0n) is 17.2. The number of hydrogen-bond donors (Lipinski definition) is 1. The molecule has 3 nitrogen and oxygen atoms in total. The molecule has 1 aliphatic carbocycles. The largest absolute Gasteiger partial charge is 0.494 e. The van der Waals surface area contributed by atoms with E-state index in [4.69, 9.17) is 4.74 Å². The van der Waals surface area contributed by atoms with Crippen molar-refractivity contribution in [3.8, 4) is 5.75 Å². The quantitative estimate of drug-likeness (QED) is 0.596. The van der Waals surface area contributed by atoms with Gasteiger partial charge in [0.05, 0.1) is 12.5 Å². The third-order valence-corrected chi connectivity index (χ3v) is 5.96. The van der Waals surface area contributed by atoms with E-state index in [1.807, 2.05) is 31.2 Å². The smallest absolute Gasteiger partial charge is 0.228 e. The van der Waals surface area contributed by atoms with Gasteiger partial charge in [-0.2, -0.15) is 0 Å². The van der Waals surface area contributed by atoms with Gasteiger partial charge >= 0.3 is 0 Å². The van der Waals surface area contributed by atoms with Gasteiger partial charge in [0.25, 0.3) is 0 Å². The van der Waals surface area contributed by atoms with Gasteiger partial charge in [-0.3, -0.25) is 4.79 Å². The summed E-state index contributed by atoms with van der Waals surface area (Å²) in [5, 5.41) is 3.11. The highest BCUT2D eigenvalue weighted by Crippen LogP contribution is 2.60. The van der Waals surface area contributed by atoms with E-state index in [1.165, 1.54) is 22.3 Å². The fourth-order valence-corrected chi connectivity index (χ4v) is 4.50. The summed E-state index contributed by atoms with van der Waals surface area (Å²) in [5.41, 5.74) is 5.50. The van der Waals surface area contributed by atoms with Crippen molar-refractivity contribution >= 4 is 11.6 Å². The van der Waals surface area contributed by atoms with Gasteiger partial charge in [0.2, 0.25) is 5.91 Å². The van der Waals surface area contributed by atoms with Crippen LogP contribution in [0.25, 0.3) is 0 Å². The maximum Gasteiger partial charge on any atom is 0.228 e. The molecule has 1 atom stereocenters. The molecule has 0 spiro atoms. The van der Waals surface area contributed by atoms with E-state index in [9.17, 15) is 4.79 Å². The number of ether oxygens (including phenoxy) is 1. The Kier molecular flexibility index (Phi) is 5.14. The maximum atomic E-state index is 13.2. The van der Waals surface area contributed by atoms with Crippen molar-refractivity contribution in [1.82, 2.24) is 0 Å². The zero-order chi connectivity index (χ0) is 20.4. The van der Waals surface area contributed by atoms with Gasteiger partial charge in [0.1, 0.15) is 5.75 Å². The average molecular weight is 386 g/mol. The summed E-state index contributed by atoms with van der Waals surface area (Å²) >= 11 is 0. The van der Waals surface area contributed by atoms with Crippen LogP contribution in [0.5, 0.6) is 5.75 Å². The minimum atomic E-state index is -0.258. The third-order valence-electron chi connectivity index (χ3n) is 5.96. The second-order valence-corrected chi connectivity index (χ2v) is 7.80. The first kappa shape index (κ1) is 19.3. The molecule has 0 heterocycles. The molecule has 0 aliphatic heterocycles. The van der Waals surface area contributed by atoms with E-state index >= 15 is 0 Å². The van der Waals surface area contributed by atoms with Gasteiger partial charge in [0, 0.05) is 11.1 Å². The first-order chi connectivity index (χ1) is 14.1. The van der Waals surface area contributed by atoms with Crippen LogP contribution in [0.2, 0.25) is 0 Å². The van der Waals surface area contributed by atoms with Gasteiger partial charge in [-0.25, -0.2) is 0 Å².